The molecule has 3 N–H and O–H groups in total. The number of nitrogens with zero attached hydrogens (tertiary/aromatic N) is 2. The van der Waals surface area contributed by atoms with E-state index in [0.717, 1.165) is 5.56 Å². The van der Waals surface area contributed by atoms with Crippen molar-refractivity contribution in [2.45, 2.75) is 0 Å². The lowest BCUT2D eigenvalue weighted by atomic mass is 10.1. The Balaban J connectivity index is 2.41. The molecule has 90 valence electrons. The Morgan fingerprint density at radius 2 is 2.17 bits per heavy atom. The SMILES string of the molecule is NC(=O)C=Cc1cc(-c2cnccn2)ccc1O. The number of hydrogen-bond acceptors (Lipinski definition) is 4. The summed E-state index contributed by atoms with van der Waals surface area (Å²) in [7, 11) is 0. The predicted octanol–water partition coefficient (Wildman–Crippen LogP) is 1.35. The number of carbonyl (C=O) groups excluding carboxylic acids is 1. The zero-order chi connectivity index (χ0) is 13.0. The van der Waals surface area contributed by atoms with E-state index in [9.17, 15) is 9.90 Å². The molecular weight excluding hydrogens is 230 g/mol. The number of benzene rings is 1. The number of aromatic nitrogens is 2. The van der Waals surface area contributed by atoms with Crippen LogP contribution >= 0.6 is 0 Å². The number of phenolic OH excluding ortho intramolecular Hbond substituents is 1. The van der Waals surface area contributed by atoms with Gasteiger partial charge in [0, 0.05) is 29.6 Å². The van der Waals surface area contributed by atoms with Crippen molar-refractivity contribution >= 4 is 12.0 Å². The molecule has 0 radical (unpaired) electrons. The van der Waals surface area contributed by atoms with E-state index in [1.165, 1.54) is 18.2 Å². The number of primary amides is 1. The maximum absolute atomic E-state index is 10.7. The van der Waals surface area contributed by atoms with Crippen LogP contribution in [0.15, 0.2) is 42.9 Å². The third-order valence-corrected chi connectivity index (χ3v) is 2.31. The normalized spacial score (nSPS) is 10.7. The van der Waals surface area contributed by atoms with Crippen LogP contribution in [0.2, 0.25) is 0 Å². The number of carbonyl (C=O) groups is 1. The third-order valence-electron chi connectivity index (χ3n) is 2.31. The zero-order valence-electron chi connectivity index (χ0n) is 9.45. The van der Waals surface area contributed by atoms with Gasteiger partial charge < -0.3 is 10.8 Å². The monoisotopic (exact) mass is 241 g/mol. The van der Waals surface area contributed by atoms with Gasteiger partial charge in [-0.3, -0.25) is 14.8 Å². The Kier molecular flexibility index (Phi) is 3.33. The summed E-state index contributed by atoms with van der Waals surface area (Å²) in [5.41, 5.74) is 6.99. The second-order valence-corrected chi connectivity index (χ2v) is 3.60. The van der Waals surface area contributed by atoms with E-state index in [1.54, 1.807) is 30.7 Å². The van der Waals surface area contributed by atoms with Crippen molar-refractivity contribution in [2.75, 3.05) is 0 Å². The average Bonchev–Trinajstić information content (AvgIpc) is 2.38. The van der Waals surface area contributed by atoms with Gasteiger partial charge in [-0.25, -0.2) is 0 Å². The lowest BCUT2D eigenvalue weighted by molar-refractivity contribution is -0.113. The summed E-state index contributed by atoms with van der Waals surface area (Å²) in [4.78, 5) is 18.8. The van der Waals surface area contributed by atoms with Crippen LogP contribution in [-0.4, -0.2) is 21.0 Å². The van der Waals surface area contributed by atoms with Crippen molar-refractivity contribution < 1.29 is 9.90 Å². The summed E-state index contributed by atoms with van der Waals surface area (Å²) < 4.78 is 0. The van der Waals surface area contributed by atoms with Crippen LogP contribution in [-0.2, 0) is 4.79 Å². The number of aromatic hydroxyl groups is 1. The second kappa shape index (κ2) is 5.09. The van der Waals surface area contributed by atoms with Gasteiger partial charge in [-0.05, 0) is 24.3 Å². The lowest BCUT2D eigenvalue weighted by Crippen LogP contribution is -2.05. The maximum atomic E-state index is 10.7. The molecule has 0 atom stereocenters. The first-order valence-electron chi connectivity index (χ1n) is 5.24. The Bertz CT molecular complexity index is 594. The topological polar surface area (TPSA) is 89.1 Å². The van der Waals surface area contributed by atoms with Crippen LogP contribution < -0.4 is 5.73 Å². The predicted molar refractivity (Wildman–Crippen MR) is 67.4 cm³/mol. The van der Waals surface area contributed by atoms with Crippen LogP contribution in [0.5, 0.6) is 5.75 Å². The van der Waals surface area contributed by atoms with Crippen molar-refractivity contribution in [3.05, 3.63) is 48.4 Å². The number of nitrogens with two attached hydrogens (primary N) is 1. The van der Waals surface area contributed by atoms with E-state index in [1.807, 2.05) is 0 Å². The van der Waals surface area contributed by atoms with E-state index in [4.69, 9.17) is 5.73 Å². The van der Waals surface area contributed by atoms with Gasteiger partial charge in [-0.15, -0.1) is 0 Å². The van der Waals surface area contributed by atoms with Gasteiger partial charge in [0.05, 0.1) is 11.9 Å². The summed E-state index contributed by atoms with van der Waals surface area (Å²) in [5.74, 6) is -0.501. The minimum atomic E-state index is -0.570. The van der Waals surface area contributed by atoms with E-state index in [0.29, 0.717) is 11.3 Å². The molecule has 0 unspecified atom stereocenters. The highest BCUT2D eigenvalue weighted by Gasteiger charge is 2.03. The number of hydrogen-bond donors (Lipinski definition) is 2. The lowest BCUT2D eigenvalue weighted by Gasteiger charge is -2.03. The zero-order valence-corrected chi connectivity index (χ0v) is 9.45. The summed E-state index contributed by atoms with van der Waals surface area (Å²) in [6, 6.07) is 4.96. The van der Waals surface area contributed by atoms with Crippen LogP contribution in [0.25, 0.3) is 17.3 Å². The molecule has 5 heteroatoms. The van der Waals surface area contributed by atoms with E-state index in [-0.39, 0.29) is 5.75 Å². The molecule has 2 aromatic rings. The van der Waals surface area contributed by atoms with Crippen molar-refractivity contribution in [3.8, 4) is 17.0 Å². The number of phenols is 1. The van der Waals surface area contributed by atoms with Gasteiger partial charge in [0.2, 0.25) is 5.91 Å². The average molecular weight is 241 g/mol. The molecule has 0 aliphatic heterocycles. The molecule has 1 aromatic heterocycles. The van der Waals surface area contributed by atoms with Crippen LogP contribution in [0, 0.1) is 0 Å². The fourth-order valence-electron chi connectivity index (χ4n) is 1.47. The molecule has 0 aliphatic carbocycles. The Labute approximate surface area is 104 Å². The van der Waals surface area contributed by atoms with E-state index >= 15 is 0 Å². The highest BCUT2D eigenvalue weighted by molar-refractivity contribution is 5.91. The standard InChI is InChI=1S/C13H11N3O2/c14-13(18)4-2-10-7-9(1-3-12(10)17)11-8-15-5-6-16-11/h1-8,17H,(H2,14,18). The van der Waals surface area contributed by atoms with Crippen molar-refractivity contribution in [2.24, 2.45) is 5.73 Å². The Hall–Kier alpha value is -2.69. The van der Waals surface area contributed by atoms with Crippen molar-refractivity contribution in [3.63, 3.8) is 0 Å². The third kappa shape index (κ3) is 2.70. The molecular formula is C13H11N3O2. The van der Waals surface area contributed by atoms with Gasteiger partial charge in [-0.2, -0.15) is 0 Å². The van der Waals surface area contributed by atoms with Crippen molar-refractivity contribution in [1.29, 1.82) is 0 Å². The number of rotatable bonds is 3. The first kappa shape index (κ1) is 11.8. The molecule has 18 heavy (non-hydrogen) atoms. The molecule has 1 amide bonds. The highest BCUT2D eigenvalue weighted by Crippen LogP contribution is 2.25. The van der Waals surface area contributed by atoms with Crippen LogP contribution in [0.1, 0.15) is 5.56 Å². The molecule has 0 spiro atoms. The smallest absolute Gasteiger partial charge is 0.241 e. The largest absolute Gasteiger partial charge is 0.507 e. The minimum absolute atomic E-state index is 0.0696. The minimum Gasteiger partial charge on any atom is -0.507 e. The highest BCUT2D eigenvalue weighted by atomic mass is 16.3. The van der Waals surface area contributed by atoms with Gasteiger partial charge in [-0.1, -0.05) is 0 Å². The molecule has 0 aliphatic rings. The second-order valence-electron chi connectivity index (χ2n) is 3.60. The quantitative estimate of drug-likeness (QED) is 0.794. The Morgan fingerprint density at radius 3 is 2.83 bits per heavy atom. The fraction of sp³-hybridized carbons (Fsp3) is 0. The first-order chi connectivity index (χ1) is 8.66. The van der Waals surface area contributed by atoms with Gasteiger partial charge in [0.25, 0.3) is 0 Å². The van der Waals surface area contributed by atoms with E-state index in [2.05, 4.69) is 9.97 Å². The van der Waals surface area contributed by atoms with Gasteiger partial charge in [0.1, 0.15) is 5.75 Å². The summed E-state index contributed by atoms with van der Waals surface area (Å²) in [6.45, 7) is 0. The molecule has 2 rings (SSSR count). The molecule has 0 saturated heterocycles. The molecule has 0 bridgehead atoms. The molecule has 0 fully saturated rings. The number of amides is 1. The molecule has 1 heterocycles. The van der Waals surface area contributed by atoms with Crippen LogP contribution in [0.3, 0.4) is 0 Å². The Morgan fingerprint density at radius 1 is 1.33 bits per heavy atom. The van der Waals surface area contributed by atoms with Gasteiger partial charge in [0.15, 0.2) is 0 Å². The summed E-state index contributed by atoms with van der Waals surface area (Å²) >= 11 is 0. The summed E-state index contributed by atoms with van der Waals surface area (Å²) in [6.07, 6.45) is 7.43. The fourth-order valence-corrected chi connectivity index (χ4v) is 1.47. The van der Waals surface area contributed by atoms with Crippen molar-refractivity contribution in [1.82, 2.24) is 9.97 Å². The first-order valence-corrected chi connectivity index (χ1v) is 5.24. The van der Waals surface area contributed by atoms with Crippen LogP contribution in [0.4, 0.5) is 0 Å². The summed E-state index contributed by atoms with van der Waals surface area (Å²) in [5, 5.41) is 9.66. The maximum Gasteiger partial charge on any atom is 0.241 e. The molecule has 0 saturated carbocycles. The van der Waals surface area contributed by atoms with E-state index < -0.39 is 5.91 Å². The molecule has 1 aromatic carbocycles. The molecule has 5 nitrogen and oxygen atoms in total. The van der Waals surface area contributed by atoms with Gasteiger partial charge >= 0.3 is 0 Å².